The summed E-state index contributed by atoms with van der Waals surface area (Å²) < 4.78 is 22.5. The van der Waals surface area contributed by atoms with Gasteiger partial charge in [-0.05, 0) is 81.3 Å². The van der Waals surface area contributed by atoms with E-state index in [9.17, 15) is 0 Å². The second-order valence-electron chi connectivity index (χ2n) is 10.9. The van der Waals surface area contributed by atoms with Gasteiger partial charge in [0.25, 0.3) is 0 Å². The second-order valence-corrected chi connectivity index (χ2v) is 10.9. The van der Waals surface area contributed by atoms with Gasteiger partial charge in [-0.25, -0.2) is 0 Å². The summed E-state index contributed by atoms with van der Waals surface area (Å²) in [7, 11) is 11.2. The zero-order valence-electron chi connectivity index (χ0n) is 28.1. The third-order valence-electron chi connectivity index (χ3n) is 8.36. The molecule has 0 amide bonds. The summed E-state index contributed by atoms with van der Waals surface area (Å²) in [5, 5.41) is 0. The molecular formula is C35H55N3O4. The molecule has 0 N–H and O–H groups in total. The first-order valence-electron chi connectivity index (χ1n) is 15.1. The quantitative estimate of drug-likeness (QED) is 0.318. The molecular weight excluding hydrogens is 526 g/mol. The molecule has 0 unspecified atom stereocenters. The van der Waals surface area contributed by atoms with E-state index in [1.165, 1.54) is 16.8 Å². The molecule has 1 fully saturated rings. The largest absolute Gasteiger partial charge is 0.497 e. The maximum Gasteiger partial charge on any atom is 0.126 e. The Kier molecular flexibility index (Phi) is 13.7. The number of allylic oxidation sites excluding steroid dienone is 5. The van der Waals surface area contributed by atoms with Gasteiger partial charge in [-0.3, -0.25) is 9.80 Å². The minimum Gasteiger partial charge on any atom is -0.497 e. The van der Waals surface area contributed by atoms with Crippen LogP contribution in [0.25, 0.3) is 0 Å². The van der Waals surface area contributed by atoms with Gasteiger partial charge in [0.05, 0.1) is 34.0 Å². The Morgan fingerprint density at radius 1 is 0.881 bits per heavy atom. The highest BCUT2D eigenvalue weighted by Crippen LogP contribution is 2.39. The average Bonchev–Trinajstić information content (AvgIpc) is 3.02. The zero-order chi connectivity index (χ0) is 31.4. The Morgan fingerprint density at radius 2 is 1.48 bits per heavy atom. The van der Waals surface area contributed by atoms with Crippen molar-refractivity contribution in [3.8, 4) is 11.5 Å². The number of piperidine rings is 1. The molecule has 0 spiro atoms. The van der Waals surface area contributed by atoms with Crippen LogP contribution in [0.5, 0.6) is 11.5 Å². The topological polar surface area (TPSA) is 46.6 Å². The van der Waals surface area contributed by atoms with Crippen LogP contribution in [-0.2, 0) is 16.0 Å². The van der Waals surface area contributed by atoms with Gasteiger partial charge in [0.2, 0.25) is 0 Å². The first-order valence-corrected chi connectivity index (χ1v) is 15.1. The Hall–Kier alpha value is -3.16. The van der Waals surface area contributed by atoms with Crippen LogP contribution in [0.3, 0.4) is 0 Å². The van der Waals surface area contributed by atoms with E-state index in [4.69, 9.17) is 18.9 Å². The van der Waals surface area contributed by atoms with Crippen molar-refractivity contribution in [2.24, 2.45) is 0 Å². The van der Waals surface area contributed by atoms with E-state index >= 15 is 0 Å². The number of hydrogen-bond donors (Lipinski definition) is 0. The third-order valence-corrected chi connectivity index (χ3v) is 8.36. The fraction of sp³-hybridized carbons (Fsp3) is 0.543. The molecule has 0 aliphatic carbocycles. The van der Waals surface area contributed by atoms with E-state index in [2.05, 4.69) is 80.4 Å². The van der Waals surface area contributed by atoms with Crippen LogP contribution in [0.4, 0.5) is 0 Å². The highest BCUT2D eigenvalue weighted by atomic mass is 16.5. The van der Waals surface area contributed by atoms with Gasteiger partial charge in [0.15, 0.2) is 0 Å². The summed E-state index contributed by atoms with van der Waals surface area (Å²) in [6.07, 6.45) is 8.33. The van der Waals surface area contributed by atoms with Crippen molar-refractivity contribution in [3.63, 3.8) is 0 Å². The molecule has 1 aromatic carbocycles. The second kappa shape index (κ2) is 16.5. The maximum absolute atomic E-state index is 5.77. The standard InChI is InChI=1S/C33H49N3O4.C2H6/c1-11-35(6)33(12-14-36(15-13-33)23-27-18-29(38-8)20-30(19-27)39-9)32-17-25(3)26(4)31(40-10)21-28(37-7)16-24(2)22-34(32)5;1-2/h16-21H,3,11-15,22-23H2,1-2,4-10H3;1-2H3/b24-16+,28-21+,31-26-,32-17-;. The van der Waals surface area contributed by atoms with Crippen molar-refractivity contribution >= 4 is 0 Å². The highest BCUT2D eigenvalue weighted by molar-refractivity contribution is 5.46. The van der Waals surface area contributed by atoms with E-state index < -0.39 is 0 Å². The Labute approximate surface area is 255 Å². The van der Waals surface area contributed by atoms with Gasteiger partial charge in [-0.1, -0.05) is 32.9 Å². The van der Waals surface area contributed by atoms with Crippen LogP contribution in [0.15, 0.2) is 76.9 Å². The minimum atomic E-state index is -0.131. The van der Waals surface area contributed by atoms with Gasteiger partial charge in [-0.15, -0.1) is 0 Å². The molecule has 2 aliphatic heterocycles. The van der Waals surface area contributed by atoms with Crippen molar-refractivity contribution in [2.75, 3.05) is 68.7 Å². The van der Waals surface area contributed by atoms with Crippen LogP contribution < -0.4 is 9.47 Å². The number of rotatable bonds is 9. The lowest BCUT2D eigenvalue weighted by Gasteiger charge is -2.51. The zero-order valence-corrected chi connectivity index (χ0v) is 28.1. The average molecular weight is 582 g/mol. The Balaban J connectivity index is 0.00000301. The minimum absolute atomic E-state index is 0.131. The summed E-state index contributed by atoms with van der Waals surface area (Å²) in [4.78, 5) is 7.44. The fourth-order valence-electron chi connectivity index (χ4n) is 5.82. The van der Waals surface area contributed by atoms with Crippen molar-refractivity contribution in [2.45, 2.75) is 59.5 Å². The van der Waals surface area contributed by atoms with Gasteiger partial charge in [0, 0.05) is 51.1 Å². The number of methoxy groups -OCH3 is 4. The molecule has 2 aliphatic rings. The Bertz CT molecular complexity index is 1150. The fourth-order valence-corrected chi connectivity index (χ4v) is 5.82. The molecule has 42 heavy (non-hydrogen) atoms. The molecule has 7 nitrogen and oxygen atoms in total. The van der Waals surface area contributed by atoms with Gasteiger partial charge in [-0.2, -0.15) is 0 Å². The summed E-state index contributed by atoms with van der Waals surface area (Å²) >= 11 is 0. The lowest BCUT2D eigenvalue weighted by molar-refractivity contribution is 0.0481. The normalized spacial score (nSPS) is 23.7. The van der Waals surface area contributed by atoms with E-state index in [-0.39, 0.29) is 5.54 Å². The highest BCUT2D eigenvalue weighted by Gasteiger charge is 2.42. The molecule has 1 saturated heterocycles. The first kappa shape index (κ1) is 35.0. The molecule has 2 heterocycles. The molecule has 0 aromatic heterocycles. The van der Waals surface area contributed by atoms with Crippen LogP contribution in [0.2, 0.25) is 0 Å². The molecule has 0 bridgehead atoms. The van der Waals surface area contributed by atoms with Crippen LogP contribution in [0.1, 0.15) is 53.0 Å². The van der Waals surface area contributed by atoms with Crippen LogP contribution in [-0.4, -0.2) is 89.0 Å². The number of likely N-dealkylation sites (tertiary alicyclic amines) is 1. The Morgan fingerprint density at radius 3 is 1.98 bits per heavy atom. The summed E-state index contributed by atoms with van der Waals surface area (Å²) in [6, 6.07) is 6.13. The summed E-state index contributed by atoms with van der Waals surface area (Å²) in [5.41, 5.74) is 5.50. The monoisotopic (exact) mass is 581 g/mol. The van der Waals surface area contributed by atoms with Crippen molar-refractivity contribution in [3.05, 3.63) is 82.5 Å². The van der Waals surface area contributed by atoms with Gasteiger partial charge < -0.3 is 23.8 Å². The SMILES string of the molecule is C=C1/C=C(/C2(N(C)CC)CCN(Cc3cc(OC)cc(OC)c3)CC2)N(C)C/C(C)=C/C(OC)=C\C(OC)=C\1C.CC. The molecule has 1 aromatic rings. The van der Waals surface area contributed by atoms with E-state index in [0.29, 0.717) is 0 Å². The summed E-state index contributed by atoms with van der Waals surface area (Å²) in [5.74, 6) is 3.17. The summed E-state index contributed by atoms with van der Waals surface area (Å²) in [6.45, 7) is 19.5. The third kappa shape index (κ3) is 8.45. The van der Waals surface area contributed by atoms with E-state index in [0.717, 1.165) is 79.7 Å². The van der Waals surface area contributed by atoms with E-state index in [1.807, 2.05) is 26.0 Å². The van der Waals surface area contributed by atoms with Crippen molar-refractivity contribution in [1.29, 1.82) is 0 Å². The number of hydrogen-bond acceptors (Lipinski definition) is 7. The predicted octanol–water partition coefficient (Wildman–Crippen LogP) is 6.80. The smallest absolute Gasteiger partial charge is 0.126 e. The van der Waals surface area contributed by atoms with Crippen LogP contribution >= 0.6 is 0 Å². The van der Waals surface area contributed by atoms with Gasteiger partial charge in [0.1, 0.15) is 23.0 Å². The van der Waals surface area contributed by atoms with Gasteiger partial charge >= 0.3 is 0 Å². The molecule has 3 rings (SSSR count). The number of likely N-dealkylation sites (N-methyl/N-ethyl adjacent to an activating group) is 2. The van der Waals surface area contributed by atoms with Crippen molar-refractivity contribution in [1.82, 2.24) is 14.7 Å². The lowest BCUT2D eigenvalue weighted by atomic mass is 9.80. The first-order chi connectivity index (χ1) is 20.1. The van der Waals surface area contributed by atoms with E-state index in [1.54, 1.807) is 28.4 Å². The molecule has 0 radical (unpaired) electrons. The number of nitrogens with zero attached hydrogens (tertiary/aromatic N) is 3. The maximum atomic E-state index is 5.77. The predicted molar refractivity (Wildman–Crippen MR) is 175 cm³/mol. The van der Waals surface area contributed by atoms with Crippen LogP contribution in [0, 0.1) is 0 Å². The molecule has 0 atom stereocenters. The lowest BCUT2D eigenvalue weighted by Crippen LogP contribution is -2.57. The molecule has 0 saturated carbocycles. The number of benzene rings is 1. The molecule has 7 heteroatoms. The molecule has 234 valence electrons. The number of ether oxygens (including phenoxy) is 4. The van der Waals surface area contributed by atoms with Crippen molar-refractivity contribution < 1.29 is 18.9 Å².